The number of rotatable bonds is 10. The van der Waals surface area contributed by atoms with E-state index in [1.54, 1.807) is 18.3 Å². The molecular formula is C30H37ClN4O2. The van der Waals surface area contributed by atoms with Gasteiger partial charge in [0.25, 0.3) is 5.91 Å². The van der Waals surface area contributed by atoms with E-state index in [0.29, 0.717) is 16.3 Å². The highest BCUT2D eigenvalue weighted by Gasteiger charge is 2.23. The average Bonchev–Trinajstić information content (AvgIpc) is 2.91. The van der Waals surface area contributed by atoms with Crippen LogP contribution in [0.1, 0.15) is 41.6 Å². The van der Waals surface area contributed by atoms with Gasteiger partial charge < -0.3 is 10.1 Å². The number of ether oxygens (including phenoxy) is 1. The van der Waals surface area contributed by atoms with Gasteiger partial charge in [-0.2, -0.15) is 0 Å². The maximum absolute atomic E-state index is 12.9. The summed E-state index contributed by atoms with van der Waals surface area (Å²) in [5.41, 5.74) is 2.91. The quantitative estimate of drug-likeness (QED) is 0.339. The number of hydrogen-bond donors (Lipinski definition) is 1. The molecule has 2 saturated heterocycles. The number of carbonyl (C=O) groups is 1. The normalized spacial score (nSPS) is 18.1. The summed E-state index contributed by atoms with van der Waals surface area (Å²) in [6, 6.07) is 16.0. The van der Waals surface area contributed by atoms with Crippen molar-refractivity contribution in [3.8, 4) is 5.75 Å². The van der Waals surface area contributed by atoms with Crippen LogP contribution >= 0.6 is 11.6 Å². The number of nitrogens with zero attached hydrogens (tertiary/aromatic N) is 3. The molecular weight excluding hydrogens is 484 g/mol. The first-order valence-corrected chi connectivity index (χ1v) is 13.4. The van der Waals surface area contributed by atoms with Crippen molar-refractivity contribution in [2.24, 2.45) is 4.99 Å². The zero-order valence-corrected chi connectivity index (χ0v) is 22.2. The van der Waals surface area contributed by atoms with Crippen molar-refractivity contribution in [1.82, 2.24) is 15.1 Å². The standard InChI is InChI=1S/C30H37ClN4O2/c1-23(10-15-32-2)21-34-18-13-27(14-19-34)37-29-9-8-25(20-28(29)31)30(36)33-26-11-16-35(17-12-26)22-24-6-4-3-5-7-24/h3-10,15,20,26-27H,1-2,11-14,16-19,21-22H2,(H,33,36)/b15-10-. The number of piperidine rings is 2. The van der Waals surface area contributed by atoms with Gasteiger partial charge >= 0.3 is 0 Å². The first-order chi connectivity index (χ1) is 18.0. The van der Waals surface area contributed by atoms with Crippen LogP contribution < -0.4 is 10.1 Å². The number of aliphatic imine (C=N–C) groups is 1. The summed E-state index contributed by atoms with van der Waals surface area (Å²) in [5, 5.41) is 3.66. The molecule has 6 nitrogen and oxygen atoms in total. The van der Waals surface area contributed by atoms with E-state index in [9.17, 15) is 4.79 Å². The predicted octanol–water partition coefficient (Wildman–Crippen LogP) is 5.35. The van der Waals surface area contributed by atoms with Crippen LogP contribution in [0.4, 0.5) is 0 Å². The molecule has 1 amide bonds. The molecule has 0 aliphatic carbocycles. The molecule has 2 fully saturated rings. The average molecular weight is 521 g/mol. The monoisotopic (exact) mass is 520 g/mol. The smallest absolute Gasteiger partial charge is 0.251 e. The maximum Gasteiger partial charge on any atom is 0.251 e. The Hall–Kier alpha value is -2.93. The van der Waals surface area contributed by atoms with Gasteiger partial charge in [0.15, 0.2) is 0 Å². The zero-order chi connectivity index (χ0) is 26.0. The molecule has 2 aromatic rings. The third-order valence-corrected chi connectivity index (χ3v) is 7.33. The summed E-state index contributed by atoms with van der Waals surface area (Å²) < 4.78 is 6.19. The minimum absolute atomic E-state index is 0.0794. The van der Waals surface area contributed by atoms with Crippen LogP contribution in [0.15, 0.2) is 78.0 Å². The third kappa shape index (κ3) is 8.29. The maximum atomic E-state index is 12.9. The molecule has 2 aliphatic rings. The molecule has 1 N–H and O–H groups in total. The Bertz CT molecular complexity index is 1090. The van der Waals surface area contributed by atoms with Gasteiger partial charge in [0.2, 0.25) is 0 Å². The Morgan fingerprint density at radius 2 is 1.76 bits per heavy atom. The second kappa shape index (κ2) is 13.6. The third-order valence-electron chi connectivity index (χ3n) is 7.04. The van der Waals surface area contributed by atoms with E-state index >= 15 is 0 Å². The Labute approximate surface area is 225 Å². The van der Waals surface area contributed by atoms with E-state index in [2.05, 4.69) is 57.7 Å². The summed E-state index contributed by atoms with van der Waals surface area (Å²) >= 11 is 6.52. The second-order valence-electron chi connectivity index (χ2n) is 9.90. The molecule has 2 aromatic carbocycles. The van der Waals surface area contributed by atoms with Crippen LogP contribution in [0, 0.1) is 0 Å². The van der Waals surface area contributed by atoms with E-state index in [1.165, 1.54) is 5.56 Å². The number of amides is 1. The number of hydrogen-bond acceptors (Lipinski definition) is 5. The number of benzene rings is 2. The van der Waals surface area contributed by atoms with Crippen molar-refractivity contribution >= 4 is 24.2 Å². The number of nitrogens with one attached hydrogen (secondary N) is 1. The van der Waals surface area contributed by atoms with Crippen LogP contribution in [-0.4, -0.2) is 67.3 Å². The Balaban J connectivity index is 1.21. The fourth-order valence-electron chi connectivity index (χ4n) is 4.95. The minimum Gasteiger partial charge on any atom is -0.489 e. The molecule has 0 unspecified atom stereocenters. The minimum atomic E-state index is -0.0794. The van der Waals surface area contributed by atoms with Crippen LogP contribution in [-0.2, 0) is 6.54 Å². The summed E-state index contributed by atoms with van der Waals surface area (Å²) in [6.07, 6.45) is 7.38. The van der Waals surface area contributed by atoms with Gasteiger partial charge in [-0.1, -0.05) is 48.5 Å². The van der Waals surface area contributed by atoms with Crippen molar-refractivity contribution in [2.45, 2.75) is 44.4 Å². The van der Waals surface area contributed by atoms with E-state index in [-0.39, 0.29) is 18.1 Å². The van der Waals surface area contributed by atoms with Gasteiger partial charge in [0.1, 0.15) is 11.9 Å². The van der Waals surface area contributed by atoms with Gasteiger partial charge in [-0.25, -0.2) is 0 Å². The molecule has 0 aromatic heterocycles. The van der Waals surface area contributed by atoms with Crippen molar-refractivity contribution in [3.63, 3.8) is 0 Å². The lowest BCUT2D eigenvalue weighted by Crippen LogP contribution is -2.44. The Morgan fingerprint density at radius 3 is 2.43 bits per heavy atom. The summed E-state index contributed by atoms with van der Waals surface area (Å²) in [5.74, 6) is 0.555. The molecule has 0 bridgehead atoms. The molecule has 4 rings (SSSR count). The molecule has 37 heavy (non-hydrogen) atoms. The SMILES string of the molecule is C=N/C=C\C(=C)CN1CCC(Oc2ccc(C(=O)NC3CCN(Cc4ccccc4)CC3)cc2Cl)CC1. The molecule has 0 saturated carbocycles. The molecule has 0 spiro atoms. The summed E-state index contributed by atoms with van der Waals surface area (Å²) in [7, 11) is 0. The van der Waals surface area contributed by atoms with Crippen LogP contribution in [0.5, 0.6) is 5.75 Å². The predicted molar refractivity (Wildman–Crippen MR) is 152 cm³/mol. The van der Waals surface area contributed by atoms with Crippen molar-refractivity contribution in [1.29, 1.82) is 0 Å². The zero-order valence-electron chi connectivity index (χ0n) is 21.4. The number of halogens is 1. The van der Waals surface area contributed by atoms with E-state index in [0.717, 1.165) is 70.5 Å². The largest absolute Gasteiger partial charge is 0.489 e. The first-order valence-electron chi connectivity index (χ1n) is 13.1. The highest BCUT2D eigenvalue weighted by Crippen LogP contribution is 2.29. The van der Waals surface area contributed by atoms with Crippen molar-refractivity contribution in [2.75, 3.05) is 32.7 Å². The van der Waals surface area contributed by atoms with Gasteiger partial charge in [-0.3, -0.25) is 19.6 Å². The first kappa shape index (κ1) is 27.1. The van der Waals surface area contributed by atoms with Crippen molar-refractivity contribution < 1.29 is 9.53 Å². The fraction of sp³-hybridized carbons (Fsp3) is 0.400. The molecule has 196 valence electrons. The second-order valence-corrected chi connectivity index (χ2v) is 10.3. The highest BCUT2D eigenvalue weighted by atomic mass is 35.5. The molecule has 7 heteroatoms. The topological polar surface area (TPSA) is 57.2 Å². The number of likely N-dealkylation sites (tertiary alicyclic amines) is 2. The lowest BCUT2D eigenvalue weighted by atomic mass is 10.0. The van der Waals surface area contributed by atoms with Gasteiger partial charge in [0.05, 0.1) is 5.02 Å². The van der Waals surface area contributed by atoms with E-state index < -0.39 is 0 Å². The molecule has 2 aliphatic heterocycles. The van der Waals surface area contributed by atoms with E-state index in [1.807, 2.05) is 18.2 Å². The van der Waals surface area contributed by atoms with Crippen LogP contribution in [0.3, 0.4) is 0 Å². The fourth-order valence-corrected chi connectivity index (χ4v) is 5.17. The summed E-state index contributed by atoms with van der Waals surface area (Å²) in [4.78, 5) is 21.4. The highest BCUT2D eigenvalue weighted by molar-refractivity contribution is 6.32. The number of carbonyl (C=O) groups excluding carboxylic acids is 1. The van der Waals surface area contributed by atoms with Gasteiger partial charge in [-0.15, -0.1) is 0 Å². The Morgan fingerprint density at radius 1 is 1.05 bits per heavy atom. The molecule has 0 radical (unpaired) electrons. The molecule has 0 atom stereocenters. The van der Waals surface area contributed by atoms with Gasteiger partial charge in [-0.05, 0) is 67.8 Å². The van der Waals surface area contributed by atoms with E-state index in [4.69, 9.17) is 16.3 Å². The van der Waals surface area contributed by atoms with Crippen LogP contribution in [0.25, 0.3) is 0 Å². The summed E-state index contributed by atoms with van der Waals surface area (Å²) in [6.45, 7) is 13.1. The molecule has 2 heterocycles. The lowest BCUT2D eigenvalue weighted by molar-refractivity contribution is 0.0908. The Kier molecular flexibility index (Phi) is 9.94. The van der Waals surface area contributed by atoms with Crippen molar-refractivity contribution in [3.05, 3.63) is 89.1 Å². The van der Waals surface area contributed by atoms with Gasteiger partial charge in [0, 0.05) is 57.1 Å². The van der Waals surface area contributed by atoms with Crippen LogP contribution in [0.2, 0.25) is 5.02 Å². The lowest BCUT2D eigenvalue weighted by Gasteiger charge is -2.32.